The van der Waals surface area contributed by atoms with E-state index >= 15 is 0 Å². The topological polar surface area (TPSA) is 12.0 Å². The summed E-state index contributed by atoms with van der Waals surface area (Å²) >= 11 is 4.54. The zero-order valence-corrected chi connectivity index (χ0v) is 26.7. The Hall–Kier alpha value is -2.97. The van der Waals surface area contributed by atoms with Crippen molar-refractivity contribution in [2.24, 2.45) is 5.92 Å². The van der Waals surface area contributed by atoms with Crippen LogP contribution in [-0.2, 0) is 0 Å². The van der Waals surface area contributed by atoms with E-state index in [-0.39, 0.29) is 0 Å². The van der Waals surface area contributed by atoms with Gasteiger partial charge in [0.15, 0.2) is 0 Å². The summed E-state index contributed by atoms with van der Waals surface area (Å²) in [6.45, 7) is 28.6. The van der Waals surface area contributed by atoms with Crippen LogP contribution in [-0.4, -0.2) is 4.86 Å². The molecule has 0 radical (unpaired) electrons. The Morgan fingerprint density at radius 2 is 1.28 bits per heavy atom. The van der Waals surface area contributed by atoms with Crippen molar-refractivity contribution in [3.63, 3.8) is 0 Å². The first-order valence-electron chi connectivity index (χ1n) is 14.2. The number of rotatable bonds is 7. The van der Waals surface area contributed by atoms with Gasteiger partial charge in [0.05, 0.1) is 0 Å². The standard InChI is InChI=1S/C14H14.C10H13N.C8H18.C3H6S.C2H4/c1-12(13-8-4-2-5-9-13)14-10-6-3-7-11-14;1-4-5-6-10-8(2)7-9(3)11-10;1-4-6-8(3)7-5-2;1-3(2)4;1-2/h2-12H,1H3;4-6,11H,2-3,7H2,1H3;8H,4-7H2,1-3H3;1-2H3;1-2H2/b;5-4-,10-6+;;;. The molecule has 214 valence electrons. The van der Waals surface area contributed by atoms with Crippen LogP contribution in [0.2, 0.25) is 0 Å². The highest BCUT2D eigenvalue weighted by Crippen LogP contribution is 2.23. The molecule has 2 heteroatoms. The van der Waals surface area contributed by atoms with Gasteiger partial charge in [0.2, 0.25) is 0 Å². The molecule has 1 heterocycles. The summed E-state index contributed by atoms with van der Waals surface area (Å²) < 4.78 is 0. The van der Waals surface area contributed by atoms with E-state index in [1.807, 2.05) is 39.0 Å². The molecule has 1 nitrogen and oxygen atoms in total. The minimum absolute atomic E-state index is 0.484. The van der Waals surface area contributed by atoms with Gasteiger partial charge in [-0.1, -0.05) is 152 Å². The van der Waals surface area contributed by atoms with Crippen molar-refractivity contribution in [1.29, 1.82) is 0 Å². The highest BCUT2D eigenvalue weighted by molar-refractivity contribution is 7.80. The van der Waals surface area contributed by atoms with Crippen LogP contribution < -0.4 is 5.32 Å². The van der Waals surface area contributed by atoms with Crippen LogP contribution in [0, 0.1) is 5.92 Å². The Bertz CT molecular complexity index is 919. The molecule has 1 fully saturated rings. The molecule has 0 spiro atoms. The Kier molecular flexibility index (Phi) is 24.8. The SMILES string of the molecule is C=C.C=C1CC(=C)/C(=C\C=C/C)N1.CC(C)=S.CC(c1ccccc1)c1ccccc1.CCCC(C)CCC. The second kappa shape index (κ2) is 25.3. The van der Waals surface area contributed by atoms with E-state index in [9.17, 15) is 0 Å². The van der Waals surface area contributed by atoms with Crippen LogP contribution in [0.15, 0.2) is 122 Å². The third-order valence-corrected chi connectivity index (χ3v) is 5.74. The lowest BCUT2D eigenvalue weighted by Crippen LogP contribution is -2.00. The van der Waals surface area contributed by atoms with Gasteiger partial charge in [0.1, 0.15) is 0 Å². The van der Waals surface area contributed by atoms with Gasteiger partial charge in [-0.2, -0.15) is 0 Å². The molecule has 39 heavy (non-hydrogen) atoms. The molecular weight excluding hydrogens is 490 g/mol. The van der Waals surface area contributed by atoms with Crippen molar-refractivity contribution in [2.75, 3.05) is 0 Å². The van der Waals surface area contributed by atoms with Gasteiger partial charge in [-0.25, -0.2) is 0 Å². The minimum atomic E-state index is 0.484. The van der Waals surface area contributed by atoms with Gasteiger partial charge in [-0.15, -0.1) is 13.2 Å². The van der Waals surface area contributed by atoms with E-state index in [2.05, 4.69) is 132 Å². The van der Waals surface area contributed by atoms with Gasteiger partial charge < -0.3 is 5.32 Å². The minimum Gasteiger partial charge on any atom is -0.359 e. The van der Waals surface area contributed by atoms with E-state index in [0.29, 0.717) is 5.92 Å². The number of hydrogen-bond donors (Lipinski definition) is 1. The smallest absolute Gasteiger partial charge is 0.0412 e. The molecule has 1 aliphatic heterocycles. The van der Waals surface area contributed by atoms with Crippen LogP contribution >= 0.6 is 12.2 Å². The summed E-state index contributed by atoms with van der Waals surface area (Å²) in [7, 11) is 0. The highest BCUT2D eigenvalue weighted by Gasteiger charge is 2.12. The van der Waals surface area contributed by atoms with Crippen molar-refractivity contribution in [1.82, 2.24) is 5.32 Å². The number of nitrogens with one attached hydrogen (secondary N) is 1. The highest BCUT2D eigenvalue weighted by atomic mass is 32.1. The molecule has 1 N–H and O–H groups in total. The van der Waals surface area contributed by atoms with Crippen molar-refractivity contribution in [3.8, 4) is 0 Å². The van der Waals surface area contributed by atoms with Gasteiger partial charge in [-0.05, 0) is 54.3 Å². The zero-order valence-electron chi connectivity index (χ0n) is 25.9. The summed E-state index contributed by atoms with van der Waals surface area (Å²) in [5.41, 5.74) is 5.99. The lowest BCUT2D eigenvalue weighted by atomic mass is 9.93. The Labute approximate surface area is 247 Å². The first-order chi connectivity index (χ1) is 18.7. The summed E-state index contributed by atoms with van der Waals surface area (Å²) in [4.78, 5) is 1.00. The van der Waals surface area contributed by atoms with E-state index < -0.39 is 0 Å². The lowest BCUT2D eigenvalue weighted by Gasteiger charge is -2.11. The van der Waals surface area contributed by atoms with E-state index in [0.717, 1.165) is 34.2 Å². The van der Waals surface area contributed by atoms with Gasteiger partial charge in [0, 0.05) is 23.7 Å². The second-order valence-corrected chi connectivity index (χ2v) is 10.6. The van der Waals surface area contributed by atoms with E-state index in [4.69, 9.17) is 0 Å². The molecule has 0 unspecified atom stereocenters. The summed E-state index contributed by atoms with van der Waals surface area (Å²) in [5.74, 6) is 1.45. The molecule has 3 rings (SSSR count). The molecule has 0 saturated carbocycles. The zero-order chi connectivity index (χ0) is 30.1. The normalized spacial score (nSPS) is 12.8. The fourth-order valence-electron chi connectivity index (χ4n) is 3.83. The average molecular weight is 546 g/mol. The number of thiocarbonyl (C=S) groups is 1. The predicted octanol–water partition coefficient (Wildman–Crippen LogP) is 11.8. The fourth-order valence-corrected chi connectivity index (χ4v) is 3.83. The van der Waals surface area contributed by atoms with Crippen molar-refractivity contribution in [3.05, 3.63) is 133 Å². The maximum atomic E-state index is 4.54. The molecule has 1 saturated heterocycles. The number of hydrogen-bond acceptors (Lipinski definition) is 2. The number of benzene rings is 2. The maximum absolute atomic E-state index is 4.54. The van der Waals surface area contributed by atoms with Crippen LogP contribution in [0.25, 0.3) is 0 Å². The van der Waals surface area contributed by atoms with Crippen LogP contribution in [0.1, 0.15) is 97.6 Å². The first kappa shape index (κ1) is 38.2. The van der Waals surface area contributed by atoms with Crippen LogP contribution in [0.5, 0.6) is 0 Å². The Morgan fingerprint density at radius 3 is 1.59 bits per heavy atom. The molecule has 2 aromatic rings. The molecule has 1 aliphatic rings. The molecule has 0 atom stereocenters. The summed E-state index contributed by atoms with van der Waals surface area (Å²) in [6, 6.07) is 21.2. The van der Waals surface area contributed by atoms with E-state index in [1.165, 1.54) is 36.8 Å². The van der Waals surface area contributed by atoms with Crippen molar-refractivity contribution >= 4 is 17.1 Å². The van der Waals surface area contributed by atoms with Crippen molar-refractivity contribution in [2.45, 2.75) is 86.5 Å². The molecule has 0 amide bonds. The largest absolute Gasteiger partial charge is 0.359 e. The Morgan fingerprint density at radius 1 is 0.872 bits per heavy atom. The monoisotopic (exact) mass is 545 g/mol. The molecule has 2 aromatic carbocycles. The lowest BCUT2D eigenvalue weighted by molar-refractivity contribution is 0.480. The Balaban J connectivity index is 0. The molecule has 0 bridgehead atoms. The van der Waals surface area contributed by atoms with Crippen LogP contribution in [0.4, 0.5) is 0 Å². The maximum Gasteiger partial charge on any atom is 0.0412 e. The predicted molar refractivity (Wildman–Crippen MR) is 184 cm³/mol. The van der Waals surface area contributed by atoms with Crippen molar-refractivity contribution < 1.29 is 0 Å². The third kappa shape index (κ3) is 20.6. The molecule has 0 aliphatic carbocycles. The van der Waals surface area contributed by atoms with Crippen LogP contribution in [0.3, 0.4) is 0 Å². The summed E-state index contributed by atoms with van der Waals surface area (Å²) in [6.07, 6.45) is 12.4. The van der Waals surface area contributed by atoms with Gasteiger partial charge in [-0.3, -0.25) is 0 Å². The molecule has 0 aromatic heterocycles. The fraction of sp³-hybridized carbons (Fsp3) is 0.378. The quantitative estimate of drug-likeness (QED) is 0.274. The van der Waals surface area contributed by atoms with E-state index in [1.54, 1.807) is 0 Å². The summed E-state index contributed by atoms with van der Waals surface area (Å²) in [5, 5.41) is 3.15. The second-order valence-electron chi connectivity index (χ2n) is 9.75. The first-order valence-corrected chi connectivity index (χ1v) is 14.6. The molecular formula is C37H55NS. The van der Waals surface area contributed by atoms with Gasteiger partial charge >= 0.3 is 0 Å². The van der Waals surface area contributed by atoms with Gasteiger partial charge in [0.25, 0.3) is 0 Å². The average Bonchev–Trinajstić information content (AvgIpc) is 3.26. The third-order valence-electron chi connectivity index (χ3n) is 5.74. The number of allylic oxidation sites excluding steroid dienone is 5.